The highest BCUT2D eigenvalue weighted by atomic mass is 16.5. The van der Waals surface area contributed by atoms with E-state index in [2.05, 4.69) is 21.1 Å². The summed E-state index contributed by atoms with van der Waals surface area (Å²) in [6, 6.07) is 7.63. The molecule has 2 aromatic rings. The normalized spacial score (nSPS) is 21.0. The first-order chi connectivity index (χ1) is 10.7. The van der Waals surface area contributed by atoms with Gasteiger partial charge in [0.1, 0.15) is 11.6 Å². The van der Waals surface area contributed by atoms with Gasteiger partial charge in [0.15, 0.2) is 0 Å². The minimum absolute atomic E-state index is 0.109. The van der Waals surface area contributed by atoms with Crippen LogP contribution in [0.5, 0.6) is 0 Å². The van der Waals surface area contributed by atoms with Crippen LogP contribution in [0.4, 0.5) is 5.82 Å². The summed E-state index contributed by atoms with van der Waals surface area (Å²) in [6.07, 6.45) is 2.56. The van der Waals surface area contributed by atoms with Crippen molar-refractivity contribution in [3.63, 3.8) is 0 Å². The van der Waals surface area contributed by atoms with Crippen molar-refractivity contribution in [2.24, 2.45) is 5.92 Å². The molecule has 0 N–H and O–H groups in total. The SMILES string of the molecule is CO[C@H]1CN(c2cc(C#N)ccn2)C[C@H]1Cc1cc(C)no1. The predicted octanol–water partition coefficient (Wildman–Crippen LogP) is 1.94. The van der Waals surface area contributed by atoms with Crippen LogP contribution in [0.3, 0.4) is 0 Å². The maximum Gasteiger partial charge on any atom is 0.137 e. The van der Waals surface area contributed by atoms with Gasteiger partial charge in [-0.15, -0.1) is 0 Å². The summed E-state index contributed by atoms with van der Waals surface area (Å²) in [5, 5.41) is 12.9. The number of rotatable bonds is 4. The molecule has 2 atom stereocenters. The third-order valence-corrected chi connectivity index (χ3v) is 4.02. The first kappa shape index (κ1) is 14.5. The summed E-state index contributed by atoms with van der Waals surface area (Å²) in [6.45, 7) is 3.50. The van der Waals surface area contributed by atoms with Crippen molar-refractivity contribution < 1.29 is 9.26 Å². The summed E-state index contributed by atoms with van der Waals surface area (Å²) >= 11 is 0. The molecule has 114 valence electrons. The molecule has 0 aromatic carbocycles. The Bertz CT molecular complexity index is 691. The smallest absolute Gasteiger partial charge is 0.137 e. The van der Waals surface area contributed by atoms with E-state index < -0.39 is 0 Å². The van der Waals surface area contributed by atoms with E-state index >= 15 is 0 Å². The first-order valence-electron chi connectivity index (χ1n) is 7.25. The van der Waals surface area contributed by atoms with Gasteiger partial charge in [-0.05, 0) is 19.1 Å². The van der Waals surface area contributed by atoms with Gasteiger partial charge in [-0.25, -0.2) is 4.98 Å². The van der Waals surface area contributed by atoms with Gasteiger partial charge in [0.05, 0.1) is 23.4 Å². The van der Waals surface area contributed by atoms with Crippen LogP contribution in [0, 0.1) is 24.2 Å². The number of nitrogens with zero attached hydrogens (tertiary/aromatic N) is 4. The highest BCUT2D eigenvalue weighted by Gasteiger charge is 2.34. The summed E-state index contributed by atoms with van der Waals surface area (Å²) in [5.74, 6) is 2.01. The molecule has 1 saturated heterocycles. The fourth-order valence-corrected chi connectivity index (χ4v) is 2.92. The van der Waals surface area contributed by atoms with Gasteiger partial charge < -0.3 is 14.2 Å². The molecular weight excluding hydrogens is 280 g/mol. The van der Waals surface area contributed by atoms with Crippen LogP contribution in [0.25, 0.3) is 0 Å². The Labute approximate surface area is 129 Å². The molecule has 0 bridgehead atoms. The lowest BCUT2D eigenvalue weighted by Gasteiger charge is -2.16. The maximum atomic E-state index is 9.01. The van der Waals surface area contributed by atoms with Crippen molar-refractivity contribution in [2.75, 3.05) is 25.1 Å². The number of aryl methyl sites for hydroxylation is 1. The van der Waals surface area contributed by atoms with E-state index in [4.69, 9.17) is 14.5 Å². The summed E-state index contributed by atoms with van der Waals surface area (Å²) in [5.41, 5.74) is 1.51. The Morgan fingerprint density at radius 2 is 2.32 bits per heavy atom. The molecule has 0 saturated carbocycles. The summed E-state index contributed by atoms with van der Waals surface area (Å²) in [7, 11) is 1.73. The Morgan fingerprint density at radius 3 is 3.00 bits per heavy atom. The summed E-state index contributed by atoms with van der Waals surface area (Å²) < 4.78 is 10.9. The Hall–Kier alpha value is -2.39. The third-order valence-electron chi connectivity index (χ3n) is 4.02. The molecule has 1 aliphatic heterocycles. The number of pyridine rings is 1. The largest absolute Gasteiger partial charge is 0.379 e. The molecule has 3 heterocycles. The van der Waals surface area contributed by atoms with E-state index in [0.717, 1.165) is 36.8 Å². The van der Waals surface area contributed by atoms with Crippen molar-refractivity contribution in [3.05, 3.63) is 41.4 Å². The van der Waals surface area contributed by atoms with Crippen molar-refractivity contribution in [2.45, 2.75) is 19.4 Å². The molecule has 1 aliphatic rings. The zero-order chi connectivity index (χ0) is 15.5. The minimum atomic E-state index is 0.109. The van der Waals surface area contributed by atoms with Gasteiger partial charge in [0.25, 0.3) is 0 Å². The van der Waals surface area contributed by atoms with Gasteiger partial charge in [-0.2, -0.15) is 5.26 Å². The van der Waals surface area contributed by atoms with Gasteiger partial charge in [-0.3, -0.25) is 0 Å². The number of methoxy groups -OCH3 is 1. The van der Waals surface area contributed by atoms with Gasteiger partial charge in [-0.1, -0.05) is 5.16 Å². The fraction of sp³-hybridized carbons (Fsp3) is 0.438. The van der Waals surface area contributed by atoms with Crippen LogP contribution < -0.4 is 4.90 Å². The van der Waals surface area contributed by atoms with Crippen molar-refractivity contribution in [3.8, 4) is 6.07 Å². The number of aromatic nitrogens is 2. The minimum Gasteiger partial charge on any atom is -0.379 e. The van der Waals surface area contributed by atoms with Crippen molar-refractivity contribution in [1.29, 1.82) is 5.26 Å². The second kappa shape index (κ2) is 6.16. The number of nitriles is 1. The average molecular weight is 298 g/mol. The zero-order valence-corrected chi connectivity index (χ0v) is 12.7. The van der Waals surface area contributed by atoms with Crippen LogP contribution in [0.15, 0.2) is 28.9 Å². The topological polar surface area (TPSA) is 75.2 Å². The fourth-order valence-electron chi connectivity index (χ4n) is 2.92. The number of anilines is 1. The molecule has 2 aromatic heterocycles. The van der Waals surface area contributed by atoms with Crippen LogP contribution in [-0.4, -0.2) is 36.4 Å². The lowest BCUT2D eigenvalue weighted by Crippen LogP contribution is -2.23. The van der Waals surface area contributed by atoms with Crippen LogP contribution in [0.1, 0.15) is 17.0 Å². The van der Waals surface area contributed by atoms with Gasteiger partial charge in [0, 0.05) is 44.8 Å². The van der Waals surface area contributed by atoms with E-state index in [0.29, 0.717) is 11.5 Å². The molecule has 0 aliphatic carbocycles. The van der Waals surface area contributed by atoms with Gasteiger partial charge >= 0.3 is 0 Å². The number of hydrogen-bond donors (Lipinski definition) is 0. The quantitative estimate of drug-likeness (QED) is 0.858. The predicted molar refractivity (Wildman–Crippen MR) is 80.4 cm³/mol. The van der Waals surface area contributed by atoms with Crippen molar-refractivity contribution in [1.82, 2.24) is 10.1 Å². The first-order valence-corrected chi connectivity index (χ1v) is 7.25. The molecule has 0 unspecified atom stereocenters. The molecule has 3 rings (SSSR count). The second-order valence-electron chi connectivity index (χ2n) is 5.59. The number of ether oxygens (including phenoxy) is 1. The standard InChI is InChI=1S/C16H18N4O2/c1-11-5-14(22-19-11)7-13-9-20(10-15(13)21-2)16-6-12(8-17)3-4-18-16/h3-6,13,15H,7,9-10H2,1-2H3/t13-,15+/m1/s1. The van der Waals surface area contributed by atoms with Crippen molar-refractivity contribution >= 4 is 5.82 Å². The van der Waals surface area contributed by atoms with Crippen LogP contribution in [-0.2, 0) is 11.2 Å². The summed E-state index contributed by atoms with van der Waals surface area (Å²) in [4.78, 5) is 6.52. The lowest BCUT2D eigenvalue weighted by atomic mass is 10.0. The van der Waals surface area contributed by atoms with E-state index in [1.54, 1.807) is 19.4 Å². The van der Waals surface area contributed by atoms with Crippen LogP contribution in [0.2, 0.25) is 0 Å². The van der Waals surface area contributed by atoms with E-state index in [1.807, 2.05) is 19.1 Å². The maximum absolute atomic E-state index is 9.01. The number of hydrogen-bond acceptors (Lipinski definition) is 6. The molecule has 0 amide bonds. The molecular formula is C16H18N4O2. The van der Waals surface area contributed by atoms with E-state index in [9.17, 15) is 0 Å². The van der Waals surface area contributed by atoms with Crippen LogP contribution >= 0.6 is 0 Å². The van der Waals surface area contributed by atoms with Gasteiger partial charge in [0.2, 0.25) is 0 Å². The molecule has 0 radical (unpaired) electrons. The average Bonchev–Trinajstić information content (AvgIpc) is 3.14. The van der Waals surface area contributed by atoms with E-state index in [-0.39, 0.29) is 6.10 Å². The molecule has 0 spiro atoms. The highest BCUT2D eigenvalue weighted by molar-refractivity contribution is 5.46. The Morgan fingerprint density at radius 1 is 1.45 bits per heavy atom. The molecule has 1 fully saturated rings. The highest BCUT2D eigenvalue weighted by Crippen LogP contribution is 2.27. The third kappa shape index (κ3) is 2.95. The zero-order valence-electron chi connectivity index (χ0n) is 12.7. The molecule has 6 heteroatoms. The Kier molecular flexibility index (Phi) is 4.07. The van der Waals surface area contributed by atoms with E-state index in [1.165, 1.54) is 0 Å². The monoisotopic (exact) mass is 298 g/mol. The molecule has 22 heavy (non-hydrogen) atoms. The molecule has 6 nitrogen and oxygen atoms in total. The lowest BCUT2D eigenvalue weighted by molar-refractivity contribution is 0.0813. The Balaban J connectivity index is 1.75. The second-order valence-corrected chi connectivity index (χ2v) is 5.59.